The third kappa shape index (κ3) is 4.07. The summed E-state index contributed by atoms with van der Waals surface area (Å²) in [6, 6.07) is 0. The molecule has 1 fully saturated rings. The predicted octanol–water partition coefficient (Wildman–Crippen LogP) is 0.900. The highest BCUT2D eigenvalue weighted by Crippen LogP contribution is 2.19. The van der Waals surface area contributed by atoms with Gasteiger partial charge in [0.05, 0.1) is 12.1 Å². The number of nitrogens with one attached hydrogen (secondary N) is 2. The lowest BCUT2D eigenvalue weighted by atomic mass is 9.98. The van der Waals surface area contributed by atoms with Crippen molar-refractivity contribution in [3.63, 3.8) is 0 Å². The van der Waals surface area contributed by atoms with E-state index in [1.54, 1.807) is 11.2 Å². The number of aryl methyl sites for hydroxylation is 1. The van der Waals surface area contributed by atoms with Gasteiger partial charge in [0.25, 0.3) is 5.91 Å². The smallest absolute Gasteiger partial charge is 0.271 e. The van der Waals surface area contributed by atoms with Crippen LogP contribution in [0, 0.1) is 12.8 Å². The minimum Gasteiger partial charge on any atom is -0.350 e. The Morgan fingerprint density at radius 1 is 1.45 bits per heavy atom. The Morgan fingerprint density at radius 3 is 2.68 bits per heavy atom. The lowest BCUT2D eigenvalue weighted by Crippen LogP contribution is -2.42. The molecule has 1 aromatic rings. The van der Waals surface area contributed by atoms with E-state index >= 15 is 0 Å². The predicted molar refractivity (Wildman–Crippen MR) is 84.0 cm³/mol. The molecule has 0 bridgehead atoms. The van der Waals surface area contributed by atoms with Crippen molar-refractivity contribution >= 4 is 15.9 Å². The van der Waals surface area contributed by atoms with Gasteiger partial charge >= 0.3 is 0 Å². The minimum absolute atomic E-state index is 0.181. The topological polar surface area (TPSA) is 95.2 Å². The molecule has 0 spiro atoms. The van der Waals surface area contributed by atoms with Crippen LogP contribution in [-0.4, -0.2) is 54.0 Å². The van der Waals surface area contributed by atoms with Crippen molar-refractivity contribution < 1.29 is 13.2 Å². The molecule has 8 heteroatoms. The molecule has 2 N–H and O–H groups in total. The molecule has 0 atom stereocenters. The number of H-pyrrole nitrogens is 1. The Labute approximate surface area is 131 Å². The first-order chi connectivity index (χ1) is 10.4. The summed E-state index contributed by atoms with van der Waals surface area (Å²) in [6.45, 7) is 5.33. The van der Waals surface area contributed by atoms with Gasteiger partial charge in [-0.3, -0.25) is 4.79 Å². The van der Waals surface area contributed by atoms with Crippen molar-refractivity contribution in [1.29, 1.82) is 0 Å². The summed E-state index contributed by atoms with van der Waals surface area (Å²) >= 11 is 0. The second kappa shape index (κ2) is 7.23. The summed E-state index contributed by atoms with van der Waals surface area (Å²) < 4.78 is 25.6. The quantitative estimate of drug-likeness (QED) is 0.811. The molecule has 1 aromatic heterocycles. The molecular formula is C14H24N4O3S. The summed E-state index contributed by atoms with van der Waals surface area (Å²) in [5.41, 5.74) is 1.17. The zero-order valence-electron chi connectivity index (χ0n) is 13.1. The molecule has 124 valence electrons. The first kappa shape index (κ1) is 17.0. The first-order valence-corrected chi connectivity index (χ1v) is 9.31. The second-order valence-corrected chi connectivity index (χ2v) is 7.83. The fourth-order valence-corrected chi connectivity index (χ4v) is 4.23. The van der Waals surface area contributed by atoms with Gasteiger partial charge in [0.15, 0.2) is 0 Å². The minimum atomic E-state index is -3.10. The van der Waals surface area contributed by atoms with Gasteiger partial charge in [-0.15, -0.1) is 0 Å². The van der Waals surface area contributed by atoms with Crippen LogP contribution in [0.5, 0.6) is 0 Å². The number of imidazole rings is 1. The number of nitrogens with zero attached hydrogens (tertiary/aromatic N) is 2. The molecule has 7 nitrogen and oxygen atoms in total. The van der Waals surface area contributed by atoms with E-state index < -0.39 is 10.0 Å². The summed E-state index contributed by atoms with van der Waals surface area (Å²) in [7, 11) is -3.10. The van der Waals surface area contributed by atoms with Crippen molar-refractivity contribution in [1.82, 2.24) is 19.6 Å². The van der Waals surface area contributed by atoms with Gasteiger partial charge in [-0.1, -0.05) is 6.92 Å². The number of rotatable bonds is 6. The molecule has 2 heterocycles. The zero-order valence-corrected chi connectivity index (χ0v) is 13.9. The Morgan fingerprint density at radius 2 is 2.14 bits per heavy atom. The van der Waals surface area contributed by atoms with E-state index in [0.29, 0.717) is 37.7 Å². The number of hydrogen-bond donors (Lipinski definition) is 2. The third-order valence-electron chi connectivity index (χ3n) is 4.03. The number of aromatic amines is 1. The standard InChI is InChI=1S/C14H24N4O3S/c1-3-8-22(20,21)18-6-4-12(5-7-18)9-15-14(19)13-11(2)16-10-17-13/h10,12H,3-9H2,1-2H3,(H,15,19)(H,16,17). The lowest BCUT2D eigenvalue weighted by Gasteiger charge is -2.31. The molecule has 1 aliphatic heterocycles. The van der Waals surface area contributed by atoms with Crippen molar-refractivity contribution in [2.45, 2.75) is 33.1 Å². The average molecular weight is 328 g/mol. The van der Waals surface area contributed by atoms with E-state index in [4.69, 9.17) is 0 Å². The van der Waals surface area contributed by atoms with Crippen molar-refractivity contribution in [2.75, 3.05) is 25.4 Å². The van der Waals surface area contributed by atoms with Gasteiger partial charge < -0.3 is 10.3 Å². The molecule has 0 aliphatic carbocycles. The number of piperidine rings is 1. The number of hydrogen-bond acceptors (Lipinski definition) is 4. The molecule has 1 amide bonds. The van der Waals surface area contributed by atoms with Gasteiger partial charge in [-0.2, -0.15) is 0 Å². The molecule has 0 unspecified atom stereocenters. The fraction of sp³-hybridized carbons (Fsp3) is 0.714. The van der Waals surface area contributed by atoms with Crippen molar-refractivity contribution in [3.8, 4) is 0 Å². The average Bonchev–Trinajstić information content (AvgIpc) is 2.91. The third-order valence-corrected chi connectivity index (χ3v) is 6.10. The number of amides is 1. The van der Waals surface area contributed by atoms with Crippen LogP contribution in [0.25, 0.3) is 0 Å². The van der Waals surface area contributed by atoms with E-state index in [-0.39, 0.29) is 11.7 Å². The van der Waals surface area contributed by atoms with Crippen LogP contribution in [0.3, 0.4) is 0 Å². The molecule has 0 radical (unpaired) electrons. The molecule has 1 aliphatic rings. The Kier molecular flexibility index (Phi) is 5.57. The van der Waals surface area contributed by atoms with Gasteiger partial charge in [0.2, 0.25) is 10.0 Å². The van der Waals surface area contributed by atoms with Gasteiger partial charge in [-0.25, -0.2) is 17.7 Å². The molecule has 22 heavy (non-hydrogen) atoms. The van der Waals surface area contributed by atoms with Crippen molar-refractivity contribution in [2.24, 2.45) is 5.92 Å². The van der Waals surface area contributed by atoms with E-state index in [1.807, 2.05) is 6.92 Å². The fourth-order valence-electron chi connectivity index (χ4n) is 2.69. The van der Waals surface area contributed by atoms with Crippen LogP contribution in [0.1, 0.15) is 42.4 Å². The van der Waals surface area contributed by atoms with Crippen molar-refractivity contribution in [3.05, 3.63) is 17.7 Å². The number of carbonyl (C=O) groups excluding carboxylic acids is 1. The number of carbonyl (C=O) groups is 1. The molecule has 0 aromatic carbocycles. The van der Waals surface area contributed by atoms with Gasteiger partial charge in [0.1, 0.15) is 5.69 Å². The van der Waals surface area contributed by atoms with Crippen LogP contribution in [0.2, 0.25) is 0 Å². The van der Waals surface area contributed by atoms with Crippen LogP contribution in [0.4, 0.5) is 0 Å². The first-order valence-electron chi connectivity index (χ1n) is 7.70. The molecule has 2 rings (SSSR count). The zero-order chi connectivity index (χ0) is 16.2. The Balaban J connectivity index is 1.79. The summed E-state index contributed by atoms with van der Waals surface area (Å²) in [5, 5.41) is 2.88. The number of sulfonamides is 1. The van der Waals surface area contributed by atoms with E-state index in [0.717, 1.165) is 18.5 Å². The SMILES string of the molecule is CCCS(=O)(=O)N1CCC(CNC(=O)c2nc[nH]c2C)CC1. The summed E-state index contributed by atoms with van der Waals surface area (Å²) in [4.78, 5) is 18.8. The Hall–Kier alpha value is -1.41. The van der Waals surface area contributed by atoms with Crippen LogP contribution in [-0.2, 0) is 10.0 Å². The highest BCUT2D eigenvalue weighted by atomic mass is 32.2. The molecule has 1 saturated heterocycles. The molecular weight excluding hydrogens is 304 g/mol. The Bertz CT molecular complexity index is 603. The van der Waals surface area contributed by atoms with E-state index in [1.165, 1.54) is 6.33 Å². The maximum absolute atomic E-state index is 12.0. The van der Waals surface area contributed by atoms with Crippen LogP contribution >= 0.6 is 0 Å². The normalized spacial score (nSPS) is 17.5. The largest absolute Gasteiger partial charge is 0.350 e. The van der Waals surface area contributed by atoms with Gasteiger partial charge in [-0.05, 0) is 32.1 Å². The van der Waals surface area contributed by atoms with Crippen LogP contribution < -0.4 is 5.32 Å². The number of aromatic nitrogens is 2. The van der Waals surface area contributed by atoms with E-state index in [2.05, 4.69) is 15.3 Å². The highest BCUT2D eigenvalue weighted by molar-refractivity contribution is 7.89. The lowest BCUT2D eigenvalue weighted by molar-refractivity contribution is 0.0936. The molecule has 0 saturated carbocycles. The monoisotopic (exact) mass is 328 g/mol. The maximum atomic E-state index is 12.0. The summed E-state index contributed by atoms with van der Waals surface area (Å²) in [6.07, 6.45) is 3.70. The van der Waals surface area contributed by atoms with Gasteiger partial charge in [0, 0.05) is 25.3 Å². The second-order valence-electron chi connectivity index (χ2n) is 5.74. The summed E-state index contributed by atoms with van der Waals surface area (Å²) in [5.74, 6) is 0.350. The highest BCUT2D eigenvalue weighted by Gasteiger charge is 2.27. The van der Waals surface area contributed by atoms with E-state index in [9.17, 15) is 13.2 Å². The maximum Gasteiger partial charge on any atom is 0.271 e. The van der Waals surface area contributed by atoms with Crippen LogP contribution in [0.15, 0.2) is 6.33 Å².